The molecular weight excluding hydrogens is 485 g/mol. The van der Waals surface area contributed by atoms with Crippen molar-refractivity contribution >= 4 is 30.5 Å². The van der Waals surface area contributed by atoms with E-state index < -0.39 is 8.32 Å². The summed E-state index contributed by atoms with van der Waals surface area (Å²) in [6, 6.07) is 43.4. The molecule has 0 aliphatic carbocycles. The summed E-state index contributed by atoms with van der Waals surface area (Å²) in [7, 11) is -2.71. The topological polar surface area (TPSA) is 9.23 Å². The molecule has 4 aromatic rings. The molecule has 0 aliphatic rings. The second-order valence-corrected chi connectivity index (χ2v) is 16.0. The lowest BCUT2D eigenvalue weighted by Crippen LogP contribution is -2.67. The van der Waals surface area contributed by atoms with E-state index in [-0.39, 0.29) is 16.4 Å². The van der Waals surface area contributed by atoms with E-state index in [1.807, 2.05) is 11.8 Å². The zero-order chi connectivity index (χ0) is 26.1. The van der Waals surface area contributed by atoms with Crippen LogP contribution in [-0.2, 0) is 4.43 Å². The van der Waals surface area contributed by atoms with Gasteiger partial charge in [0.25, 0.3) is 8.32 Å². The molecule has 37 heavy (non-hydrogen) atoms. The highest BCUT2D eigenvalue weighted by molar-refractivity contribution is 8.00. The minimum atomic E-state index is -2.71. The van der Waals surface area contributed by atoms with Crippen LogP contribution in [0.2, 0.25) is 5.04 Å². The van der Waals surface area contributed by atoms with Crippen LogP contribution < -0.4 is 10.4 Å². The van der Waals surface area contributed by atoms with Crippen LogP contribution in [0.5, 0.6) is 0 Å². The first-order valence-electron chi connectivity index (χ1n) is 13.1. The van der Waals surface area contributed by atoms with Crippen molar-refractivity contribution in [2.24, 2.45) is 0 Å². The minimum Gasteiger partial charge on any atom is -0.400 e. The SMILES string of the molecule is C/C=C/C(C[C@@H](O[Si](c1ccccc1)(c1ccccc1)C(C)(C)C)c1ccccc1)Sc1ccccc1. The molecule has 0 fully saturated rings. The summed E-state index contributed by atoms with van der Waals surface area (Å²) in [5, 5.41) is 2.84. The monoisotopic (exact) mass is 522 g/mol. The van der Waals surface area contributed by atoms with Crippen LogP contribution in [-0.4, -0.2) is 13.6 Å². The number of rotatable bonds is 10. The van der Waals surface area contributed by atoms with Gasteiger partial charge < -0.3 is 4.43 Å². The van der Waals surface area contributed by atoms with Crippen molar-refractivity contribution in [3.05, 3.63) is 139 Å². The Morgan fingerprint density at radius 1 is 0.703 bits per heavy atom. The molecule has 3 heteroatoms. The van der Waals surface area contributed by atoms with Gasteiger partial charge in [0.15, 0.2) is 0 Å². The molecule has 0 bridgehead atoms. The molecule has 1 unspecified atom stereocenters. The third-order valence-corrected chi connectivity index (χ3v) is 13.0. The molecule has 0 amide bonds. The Morgan fingerprint density at radius 3 is 1.62 bits per heavy atom. The summed E-state index contributed by atoms with van der Waals surface area (Å²) in [5.74, 6) is 0. The molecule has 0 saturated heterocycles. The molecule has 0 aromatic heterocycles. The zero-order valence-electron chi connectivity index (χ0n) is 22.4. The number of hydrogen-bond donors (Lipinski definition) is 0. The lowest BCUT2D eigenvalue weighted by molar-refractivity contribution is 0.183. The Kier molecular flexibility index (Phi) is 9.26. The number of allylic oxidation sites excluding steroid dienone is 1. The molecule has 0 saturated carbocycles. The molecule has 0 N–H and O–H groups in total. The van der Waals surface area contributed by atoms with Crippen LogP contribution in [0.15, 0.2) is 138 Å². The van der Waals surface area contributed by atoms with Crippen molar-refractivity contribution in [1.82, 2.24) is 0 Å². The summed E-state index contributed by atoms with van der Waals surface area (Å²) in [5.41, 5.74) is 1.23. The average molecular weight is 523 g/mol. The molecule has 190 valence electrons. The van der Waals surface area contributed by atoms with Crippen molar-refractivity contribution in [1.29, 1.82) is 0 Å². The first kappa shape index (κ1) is 27.2. The van der Waals surface area contributed by atoms with E-state index in [9.17, 15) is 0 Å². The van der Waals surface area contributed by atoms with Crippen molar-refractivity contribution in [2.45, 2.75) is 55.4 Å². The highest BCUT2D eigenvalue weighted by Gasteiger charge is 2.51. The van der Waals surface area contributed by atoms with Crippen LogP contribution in [0.4, 0.5) is 0 Å². The van der Waals surface area contributed by atoms with Crippen LogP contribution in [0.25, 0.3) is 0 Å². The predicted molar refractivity (Wildman–Crippen MR) is 163 cm³/mol. The number of benzene rings is 4. The maximum Gasteiger partial charge on any atom is 0.261 e. The van der Waals surface area contributed by atoms with Gasteiger partial charge in [0.2, 0.25) is 0 Å². The molecular formula is C34H38OSSi. The van der Waals surface area contributed by atoms with Crippen molar-refractivity contribution in [3.63, 3.8) is 0 Å². The van der Waals surface area contributed by atoms with E-state index in [2.05, 4.69) is 161 Å². The normalized spacial score (nSPS) is 13.9. The van der Waals surface area contributed by atoms with Gasteiger partial charge in [0, 0.05) is 10.1 Å². The molecule has 4 rings (SSSR count). The second kappa shape index (κ2) is 12.6. The smallest absolute Gasteiger partial charge is 0.261 e. The second-order valence-electron chi connectivity index (χ2n) is 10.4. The largest absolute Gasteiger partial charge is 0.400 e. The Bertz CT molecular complexity index is 1200. The summed E-state index contributed by atoms with van der Waals surface area (Å²) in [6.45, 7) is 9.16. The molecule has 0 spiro atoms. The standard InChI is InChI=1S/C34H38OSSi/c1-5-18-30(36-29-21-12-7-13-22-29)27-33(28-19-10-6-11-20-28)35-37(34(2,3)4,31-23-14-8-15-24-31)32-25-16-9-17-26-32/h5-26,30,33H,27H2,1-4H3/b18-5+/t30?,33-/m1/s1. The predicted octanol–water partition coefficient (Wildman–Crippen LogP) is 8.43. The molecule has 4 aromatic carbocycles. The van der Waals surface area contributed by atoms with Gasteiger partial charge in [-0.3, -0.25) is 0 Å². The zero-order valence-corrected chi connectivity index (χ0v) is 24.2. The Labute approximate surface area is 228 Å². The van der Waals surface area contributed by atoms with E-state index in [1.54, 1.807) is 0 Å². The Hall–Kier alpha value is -2.85. The van der Waals surface area contributed by atoms with Gasteiger partial charge in [-0.2, -0.15) is 0 Å². The summed E-state index contributed by atoms with van der Waals surface area (Å²) >= 11 is 1.91. The highest BCUT2D eigenvalue weighted by atomic mass is 32.2. The minimum absolute atomic E-state index is 0.0510. The molecule has 0 aliphatic heterocycles. The maximum absolute atomic E-state index is 7.67. The molecule has 0 radical (unpaired) electrons. The van der Waals surface area contributed by atoms with Crippen molar-refractivity contribution in [3.8, 4) is 0 Å². The van der Waals surface area contributed by atoms with Gasteiger partial charge in [-0.25, -0.2) is 0 Å². The molecule has 0 heterocycles. The fourth-order valence-electron chi connectivity index (χ4n) is 5.09. The van der Waals surface area contributed by atoms with Crippen LogP contribution in [0.1, 0.15) is 45.8 Å². The van der Waals surface area contributed by atoms with E-state index >= 15 is 0 Å². The van der Waals surface area contributed by atoms with Crippen LogP contribution >= 0.6 is 11.8 Å². The highest BCUT2D eigenvalue weighted by Crippen LogP contribution is 2.42. The fourth-order valence-corrected chi connectivity index (χ4v) is 10.9. The summed E-state index contributed by atoms with van der Waals surface area (Å²) in [6.07, 6.45) is 5.33. The van der Waals surface area contributed by atoms with Crippen molar-refractivity contribution in [2.75, 3.05) is 0 Å². The van der Waals surface area contributed by atoms with Gasteiger partial charge in [-0.15, -0.1) is 11.8 Å². The van der Waals surface area contributed by atoms with Crippen LogP contribution in [0.3, 0.4) is 0 Å². The number of thioether (sulfide) groups is 1. The third kappa shape index (κ3) is 6.54. The van der Waals surface area contributed by atoms with Gasteiger partial charge in [0.1, 0.15) is 0 Å². The first-order valence-corrected chi connectivity index (χ1v) is 15.9. The summed E-state index contributed by atoms with van der Waals surface area (Å²) < 4.78 is 7.67. The first-order chi connectivity index (χ1) is 17.9. The van der Waals surface area contributed by atoms with Crippen molar-refractivity contribution < 1.29 is 4.43 Å². The van der Waals surface area contributed by atoms with E-state index in [1.165, 1.54) is 20.8 Å². The lowest BCUT2D eigenvalue weighted by atomic mass is 10.0. The number of hydrogen-bond acceptors (Lipinski definition) is 2. The summed E-state index contributed by atoms with van der Waals surface area (Å²) in [4.78, 5) is 1.28. The van der Waals surface area contributed by atoms with Gasteiger partial charge in [-0.1, -0.05) is 142 Å². The third-order valence-electron chi connectivity index (χ3n) is 6.79. The Balaban J connectivity index is 1.83. The van der Waals surface area contributed by atoms with E-state index in [0.717, 1.165) is 6.42 Å². The lowest BCUT2D eigenvalue weighted by Gasteiger charge is -2.45. The van der Waals surface area contributed by atoms with Gasteiger partial charge in [0.05, 0.1) is 6.10 Å². The Morgan fingerprint density at radius 2 is 1.16 bits per heavy atom. The quantitative estimate of drug-likeness (QED) is 0.117. The average Bonchev–Trinajstić information content (AvgIpc) is 2.92. The van der Waals surface area contributed by atoms with E-state index in [4.69, 9.17) is 4.43 Å². The molecule has 1 nitrogen and oxygen atoms in total. The molecule has 2 atom stereocenters. The van der Waals surface area contributed by atoms with Crippen LogP contribution in [0, 0.1) is 0 Å². The van der Waals surface area contributed by atoms with Gasteiger partial charge in [-0.05, 0) is 46.5 Å². The fraction of sp³-hybridized carbons (Fsp3) is 0.235. The van der Waals surface area contributed by atoms with E-state index in [0.29, 0.717) is 0 Å². The van der Waals surface area contributed by atoms with Gasteiger partial charge >= 0.3 is 0 Å². The maximum atomic E-state index is 7.67.